The van der Waals surface area contributed by atoms with E-state index in [-0.39, 0.29) is 28.0 Å². The molecule has 14 heteroatoms. The van der Waals surface area contributed by atoms with Crippen molar-refractivity contribution in [3.8, 4) is 11.1 Å². The molecule has 0 aliphatic carbocycles. The molecule has 2 aromatic heterocycles. The van der Waals surface area contributed by atoms with Crippen molar-refractivity contribution < 1.29 is 45.8 Å². The molecule has 3 rings (SSSR count). The highest BCUT2D eigenvalue weighted by atomic mass is 19.4. The van der Waals surface area contributed by atoms with Gasteiger partial charge in [0, 0.05) is 11.8 Å². The topological polar surface area (TPSA) is 119 Å². The van der Waals surface area contributed by atoms with Crippen molar-refractivity contribution in [1.29, 1.82) is 0 Å². The van der Waals surface area contributed by atoms with E-state index in [0.717, 1.165) is 12.1 Å². The highest BCUT2D eigenvalue weighted by molar-refractivity contribution is 5.96. The van der Waals surface area contributed by atoms with Crippen molar-refractivity contribution in [2.75, 3.05) is 13.2 Å². The molecule has 1 unspecified atom stereocenters. The largest absolute Gasteiger partial charge is 0.522 e. The van der Waals surface area contributed by atoms with Gasteiger partial charge in [-0.15, -0.1) is 13.2 Å². The number of nitrogens with one attached hydrogen (secondary N) is 1. The van der Waals surface area contributed by atoms with Crippen LogP contribution in [0.25, 0.3) is 16.6 Å². The Morgan fingerprint density at radius 3 is 2.46 bits per heavy atom. The summed E-state index contributed by atoms with van der Waals surface area (Å²) < 4.78 is 82.3. The number of hydrogen-bond donors (Lipinski definition) is 3. The van der Waals surface area contributed by atoms with E-state index in [1.54, 1.807) is 0 Å². The number of amides is 2. The van der Waals surface area contributed by atoms with Gasteiger partial charge in [0.2, 0.25) is 5.82 Å². The standard InChI is InChI=1S/C21H18F6N4O4/c22-20(23,24)16-2-1-12(19(34)30-13(10-32)4-6-35-21(25,26)27)8-15(16)11-3-5-31-14(7-11)9-29-18(31)17(28)33/h1-3,5,7-9,13,32H,4,6,10H2,(H2,28,33)(H,30,34). The normalized spacial score (nSPS) is 13.1. The van der Waals surface area contributed by atoms with Crippen LogP contribution in [-0.4, -0.2) is 51.9 Å². The third-order valence-electron chi connectivity index (χ3n) is 4.94. The summed E-state index contributed by atoms with van der Waals surface area (Å²) in [5.41, 5.74) is 3.89. The molecular formula is C21H18F6N4O4. The molecule has 2 amide bonds. The zero-order valence-electron chi connectivity index (χ0n) is 17.7. The first-order chi connectivity index (χ1) is 16.3. The Labute approximate surface area is 193 Å². The first kappa shape index (κ1) is 26.0. The van der Waals surface area contributed by atoms with E-state index in [4.69, 9.17) is 5.73 Å². The van der Waals surface area contributed by atoms with Crippen molar-refractivity contribution in [2.45, 2.75) is 25.0 Å². The lowest BCUT2D eigenvalue weighted by atomic mass is 9.96. The van der Waals surface area contributed by atoms with Crippen LogP contribution in [0.3, 0.4) is 0 Å². The van der Waals surface area contributed by atoms with Crippen LogP contribution in [0.2, 0.25) is 0 Å². The van der Waals surface area contributed by atoms with Crippen LogP contribution in [0, 0.1) is 0 Å². The molecule has 0 saturated carbocycles. The monoisotopic (exact) mass is 504 g/mol. The lowest BCUT2D eigenvalue weighted by molar-refractivity contribution is -0.325. The number of nitrogens with two attached hydrogens (primary N) is 1. The maximum Gasteiger partial charge on any atom is 0.522 e. The van der Waals surface area contributed by atoms with E-state index in [1.807, 2.05) is 0 Å². The number of pyridine rings is 1. The molecular weight excluding hydrogens is 486 g/mol. The number of rotatable bonds is 8. The van der Waals surface area contributed by atoms with Gasteiger partial charge in [0.15, 0.2) is 0 Å². The van der Waals surface area contributed by atoms with Crippen LogP contribution in [0.15, 0.2) is 42.7 Å². The Kier molecular flexibility index (Phi) is 7.36. The van der Waals surface area contributed by atoms with Gasteiger partial charge < -0.3 is 16.2 Å². The summed E-state index contributed by atoms with van der Waals surface area (Å²) in [5, 5.41) is 11.6. The first-order valence-corrected chi connectivity index (χ1v) is 9.91. The van der Waals surface area contributed by atoms with Crippen molar-refractivity contribution in [3.05, 3.63) is 59.7 Å². The highest BCUT2D eigenvalue weighted by Crippen LogP contribution is 2.38. The number of aliphatic hydroxyl groups excluding tert-OH is 1. The van der Waals surface area contributed by atoms with Crippen molar-refractivity contribution >= 4 is 17.3 Å². The van der Waals surface area contributed by atoms with Gasteiger partial charge >= 0.3 is 12.5 Å². The molecule has 0 radical (unpaired) electrons. The number of halogens is 6. The molecule has 0 spiro atoms. The van der Waals surface area contributed by atoms with E-state index < -0.39 is 55.6 Å². The van der Waals surface area contributed by atoms with Gasteiger partial charge in [-0.05, 0) is 47.9 Å². The minimum atomic E-state index is -4.89. The fraction of sp³-hybridized carbons (Fsp3) is 0.286. The second-order valence-electron chi connectivity index (χ2n) is 7.35. The van der Waals surface area contributed by atoms with Gasteiger partial charge in [0.25, 0.3) is 11.8 Å². The fourth-order valence-electron chi connectivity index (χ4n) is 3.32. The molecule has 35 heavy (non-hydrogen) atoms. The zero-order chi connectivity index (χ0) is 26.0. The number of imidazole rings is 1. The van der Waals surface area contributed by atoms with Crippen molar-refractivity contribution in [1.82, 2.24) is 14.7 Å². The van der Waals surface area contributed by atoms with Crippen molar-refractivity contribution in [2.24, 2.45) is 5.73 Å². The Balaban J connectivity index is 1.92. The predicted molar refractivity (Wildman–Crippen MR) is 109 cm³/mol. The second kappa shape index (κ2) is 9.92. The van der Waals surface area contributed by atoms with Crippen LogP contribution in [0.1, 0.15) is 33.0 Å². The Morgan fingerprint density at radius 2 is 1.86 bits per heavy atom. The Morgan fingerprint density at radius 1 is 1.14 bits per heavy atom. The molecule has 0 aliphatic heterocycles. The maximum absolute atomic E-state index is 13.7. The quantitative estimate of drug-likeness (QED) is 0.408. The van der Waals surface area contributed by atoms with Crippen LogP contribution in [0.5, 0.6) is 0 Å². The maximum atomic E-state index is 13.7. The third kappa shape index (κ3) is 6.27. The van der Waals surface area contributed by atoms with Gasteiger partial charge in [-0.2, -0.15) is 13.2 Å². The van der Waals surface area contributed by atoms with Crippen LogP contribution < -0.4 is 11.1 Å². The average Bonchev–Trinajstić information content (AvgIpc) is 3.20. The Hall–Kier alpha value is -3.65. The molecule has 0 saturated heterocycles. The van der Waals surface area contributed by atoms with E-state index in [9.17, 15) is 41.0 Å². The number of aromatic nitrogens is 2. The number of carbonyl (C=O) groups excluding carboxylic acids is 2. The fourth-order valence-corrected chi connectivity index (χ4v) is 3.32. The van der Waals surface area contributed by atoms with E-state index >= 15 is 0 Å². The van der Waals surface area contributed by atoms with Gasteiger partial charge in [0.05, 0.1) is 36.5 Å². The molecule has 3 aromatic rings. The Bertz CT molecular complexity index is 1240. The molecule has 1 aromatic carbocycles. The van der Waals surface area contributed by atoms with Crippen LogP contribution in [0.4, 0.5) is 26.3 Å². The summed E-state index contributed by atoms with van der Waals surface area (Å²) in [6, 6.07) is 4.03. The van der Waals surface area contributed by atoms with E-state index in [0.29, 0.717) is 6.07 Å². The summed E-state index contributed by atoms with van der Waals surface area (Å²) in [5.74, 6) is -1.88. The summed E-state index contributed by atoms with van der Waals surface area (Å²) in [6.45, 7) is -1.56. The SMILES string of the molecule is NC(=O)c1ncc2cc(-c3cc(C(=O)NC(CO)CCOC(F)(F)F)ccc3C(F)(F)F)ccn12. The van der Waals surface area contributed by atoms with Crippen LogP contribution >= 0.6 is 0 Å². The molecule has 0 fully saturated rings. The van der Waals surface area contributed by atoms with Gasteiger partial charge in [-0.25, -0.2) is 4.98 Å². The molecule has 188 valence electrons. The van der Waals surface area contributed by atoms with Crippen molar-refractivity contribution in [3.63, 3.8) is 0 Å². The van der Waals surface area contributed by atoms with E-state index in [2.05, 4.69) is 15.0 Å². The summed E-state index contributed by atoms with van der Waals surface area (Å²) in [7, 11) is 0. The molecule has 1 atom stereocenters. The smallest absolute Gasteiger partial charge is 0.394 e. The molecule has 4 N–H and O–H groups in total. The number of ether oxygens (including phenoxy) is 1. The second-order valence-corrected chi connectivity index (χ2v) is 7.35. The number of primary amides is 1. The summed E-state index contributed by atoms with van der Waals surface area (Å²) in [4.78, 5) is 27.8. The number of nitrogens with zero attached hydrogens (tertiary/aromatic N) is 2. The number of carbonyl (C=O) groups is 2. The lowest BCUT2D eigenvalue weighted by Gasteiger charge is -2.18. The molecule has 2 heterocycles. The number of alkyl halides is 6. The minimum absolute atomic E-state index is 0.0488. The number of benzene rings is 1. The van der Waals surface area contributed by atoms with Gasteiger partial charge in [-0.1, -0.05) is 0 Å². The third-order valence-corrected chi connectivity index (χ3v) is 4.94. The summed E-state index contributed by atoms with van der Waals surface area (Å²) >= 11 is 0. The lowest BCUT2D eigenvalue weighted by Crippen LogP contribution is -2.38. The summed E-state index contributed by atoms with van der Waals surface area (Å²) in [6.07, 6.45) is -7.52. The minimum Gasteiger partial charge on any atom is -0.394 e. The first-order valence-electron chi connectivity index (χ1n) is 9.91. The van der Waals surface area contributed by atoms with Gasteiger partial charge in [-0.3, -0.25) is 18.7 Å². The number of fused-ring (bicyclic) bond motifs is 1. The number of aliphatic hydroxyl groups is 1. The van der Waals surface area contributed by atoms with E-state index in [1.165, 1.54) is 28.9 Å². The predicted octanol–water partition coefficient (Wildman–Crippen LogP) is 3.14. The van der Waals surface area contributed by atoms with Gasteiger partial charge in [0.1, 0.15) is 0 Å². The molecule has 0 aliphatic rings. The highest BCUT2D eigenvalue weighted by Gasteiger charge is 2.34. The average molecular weight is 504 g/mol. The van der Waals surface area contributed by atoms with Crippen LogP contribution in [-0.2, 0) is 10.9 Å². The molecule has 0 bridgehead atoms. The molecule has 8 nitrogen and oxygen atoms in total. The zero-order valence-corrected chi connectivity index (χ0v) is 17.7. The number of hydrogen-bond acceptors (Lipinski definition) is 5.